The third-order valence-electron chi connectivity index (χ3n) is 4.08. The smallest absolute Gasteiger partial charge is 0.344 e. The number of carbonyl (C=O) groups is 2. The molecule has 0 spiro atoms. The van der Waals surface area contributed by atoms with Crippen LogP contribution in [0.2, 0.25) is 10.0 Å². The summed E-state index contributed by atoms with van der Waals surface area (Å²) in [6, 6.07) is 9.97. The average Bonchev–Trinajstić information content (AvgIpc) is 2.74. The predicted octanol–water partition coefficient (Wildman–Crippen LogP) is 4.80. The van der Waals surface area contributed by atoms with Crippen LogP contribution in [-0.4, -0.2) is 32.2 Å². The molecule has 0 aromatic heterocycles. The molecule has 162 valence electrons. The lowest BCUT2D eigenvalue weighted by molar-refractivity contribution is -0.145. The molecule has 2 rings (SSSR count). The first-order valence-electron chi connectivity index (χ1n) is 9.14. The van der Waals surface area contributed by atoms with Gasteiger partial charge >= 0.3 is 5.97 Å². The zero-order valence-corrected chi connectivity index (χ0v) is 18.6. The van der Waals surface area contributed by atoms with Crippen molar-refractivity contribution in [2.75, 3.05) is 25.6 Å². The highest BCUT2D eigenvalue weighted by Gasteiger charge is 2.16. The minimum absolute atomic E-state index is 0.137. The summed E-state index contributed by atoms with van der Waals surface area (Å²) in [6.45, 7) is 3.32. The molecule has 0 saturated carbocycles. The van der Waals surface area contributed by atoms with E-state index in [1.165, 1.54) is 25.3 Å². The number of esters is 1. The lowest BCUT2D eigenvalue weighted by atomic mass is 10.1. The van der Waals surface area contributed by atoms with E-state index in [2.05, 4.69) is 5.32 Å². The molecule has 31 heavy (non-hydrogen) atoms. The molecule has 0 bridgehead atoms. The fourth-order valence-electron chi connectivity index (χ4n) is 2.54. The van der Waals surface area contributed by atoms with Gasteiger partial charge in [0.2, 0.25) is 0 Å². The molecular weight excluding hydrogens is 443 g/mol. The highest BCUT2D eigenvalue weighted by atomic mass is 35.5. The maximum Gasteiger partial charge on any atom is 0.344 e. The average molecular weight is 463 g/mol. The number of benzene rings is 2. The van der Waals surface area contributed by atoms with Gasteiger partial charge in [-0.2, -0.15) is 5.26 Å². The first-order chi connectivity index (χ1) is 14.8. The molecule has 0 saturated heterocycles. The van der Waals surface area contributed by atoms with Gasteiger partial charge in [0.15, 0.2) is 18.1 Å². The number of nitrogens with one attached hydrogen (secondary N) is 1. The van der Waals surface area contributed by atoms with Crippen molar-refractivity contribution in [2.24, 2.45) is 0 Å². The van der Waals surface area contributed by atoms with Crippen LogP contribution in [0.3, 0.4) is 0 Å². The van der Waals surface area contributed by atoms with Gasteiger partial charge in [0.25, 0.3) is 5.91 Å². The van der Waals surface area contributed by atoms with Crippen molar-refractivity contribution in [3.05, 3.63) is 57.1 Å². The minimum atomic E-state index is -0.606. The highest BCUT2D eigenvalue weighted by molar-refractivity contribution is 6.32. The molecule has 2 aromatic carbocycles. The van der Waals surface area contributed by atoms with E-state index in [1.54, 1.807) is 32.0 Å². The number of methoxy groups -OCH3 is 1. The van der Waals surface area contributed by atoms with E-state index in [9.17, 15) is 14.9 Å². The molecule has 9 heteroatoms. The molecular formula is C22H20Cl2N2O5. The molecule has 2 aromatic rings. The van der Waals surface area contributed by atoms with Crippen molar-refractivity contribution < 1.29 is 23.8 Å². The van der Waals surface area contributed by atoms with Crippen LogP contribution < -0.4 is 14.8 Å². The van der Waals surface area contributed by atoms with Gasteiger partial charge in [0.1, 0.15) is 11.6 Å². The van der Waals surface area contributed by atoms with Gasteiger partial charge in [-0.25, -0.2) is 4.79 Å². The number of ether oxygens (including phenoxy) is 3. The Hall–Kier alpha value is -3.21. The summed E-state index contributed by atoms with van der Waals surface area (Å²) < 4.78 is 15.5. The van der Waals surface area contributed by atoms with Gasteiger partial charge in [0.05, 0.1) is 18.7 Å². The van der Waals surface area contributed by atoms with Crippen LogP contribution in [0.5, 0.6) is 11.5 Å². The second kappa shape index (κ2) is 11.3. The lowest BCUT2D eigenvalue weighted by Crippen LogP contribution is -2.15. The molecule has 0 aliphatic heterocycles. The summed E-state index contributed by atoms with van der Waals surface area (Å²) in [5.74, 6) is -0.784. The van der Waals surface area contributed by atoms with Crippen LogP contribution in [0, 0.1) is 18.3 Å². The van der Waals surface area contributed by atoms with Gasteiger partial charge < -0.3 is 19.5 Å². The largest absolute Gasteiger partial charge is 0.493 e. The van der Waals surface area contributed by atoms with Crippen LogP contribution in [0.15, 0.2) is 35.9 Å². The summed E-state index contributed by atoms with van der Waals surface area (Å²) in [4.78, 5) is 24.1. The number of carbonyl (C=O) groups excluding carboxylic acids is 2. The third-order valence-corrected chi connectivity index (χ3v) is 4.77. The Bertz CT molecular complexity index is 1060. The Morgan fingerprint density at radius 2 is 1.97 bits per heavy atom. The topological polar surface area (TPSA) is 97.7 Å². The number of anilines is 1. The zero-order chi connectivity index (χ0) is 23.0. The fraction of sp³-hybridized carbons (Fsp3) is 0.227. The summed E-state index contributed by atoms with van der Waals surface area (Å²) in [7, 11) is 1.40. The molecule has 1 amide bonds. The standard InChI is InChI=1S/C22H20Cl2N2O5/c1-4-30-20(27)12-31-21-17(24)9-14(10-19(21)29-3)8-15(11-25)22(28)26-18-7-5-6-16(23)13(18)2/h5-10H,4,12H2,1-3H3,(H,26,28)/b15-8-. The predicted molar refractivity (Wildman–Crippen MR) is 119 cm³/mol. The number of hydrogen-bond acceptors (Lipinski definition) is 6. The molecule has 0 aliphatic carbocycles. The number of hydrogen-bond donors (Lipinski definition) is 1. The molecule has 0 unspecified atom stereocenters. The third kappa shape index (κ3) is 6.38. The SMILES string of the molecule is CCOC(=O)COc1c(Cl)cc(/C=C(/C#N)C(=O)Nc2cccc(Cl)c2C)cc1OC. The van der Waals surface area contributed by atoms with E-state index in [-0.39, 0.29) is 35.3 Å². The van der Waals surface area contributed by atoms with E-state index in [0.29, 0.717) is 21.8 Å². The van der Waals surface area contributed by atoms with Gasteiger partial charge in [-0.05, 0) is 55.3 Å². The van der Waals surface area contributed by atoms with Crippen molar-refractivity contribution in [2.45, 2.75) is 13.8 Å². The van der Waals surface area contributed by atoms with Gasteiger partial charge in [-0.3, -0.25) is 4.79 Å². The maximum atomic E-state index is 12.6. The fourth-order valence-corrected chi connectivity index (χ4v) is 2.99. The zero-order valence-electron chi connectivity index (χ0n) is 17.1. The number of nitrogens with zero attached hydrogens (tertiary/aromatic N) is 1. The molecule has 0 fully saturated rings. The van der Waals surface area contributed by atoms with Crippen LogP contribution in [0.25, 0.3) is 6.08 Å². The summed E-state index contributed by atoms with van der Waals surface area (Å²) in [6.07, 6.45) is 1.36. The van der Waals surface area contributed by atoms with E-state index >= 15 is 0 Å². The normalized spacial score (nSPS) is 10.8. The van der Waals surface area contributed by atoms with E-state index < -0.39 is 11.9 Å². The molecule has 0 radical (unpaired) electrons. The Morgan fingerprint density at radius 1 is 1.23 bits per heavy atom. The second-order valence-corrected chi connectivity index (χ2v) is 6.98. The summed E-state index contributed by atoms with van der Waals surface area (Å²) in [5.41, 5.74) is 1.46. The monoisotopic (exact) mass is 462 g/mol. The maximum absolute atomic E-state index is 12.6. The van der Waals surface area contributed by atoms with Crippen molar-refractivity contribution in [3.8, 4) is 17.6 Å². The summed E-state index contributed by atoms with van der Waals surface area (Å²) >= 11 is 12.3. The molecule has 0 atom stereocenters. The number of nitriles is 1. The van der Waals surface area contributed by atoms with Crippen molar-refractivity contribution in [1.29, 1.82) is 5.26 Å². The number of rotatable bonds is 8. The van der Waals surface area contributed by atoms with Gasteiger partial charge in [0, 0.05) is 10.7 Å². The van der Waals surface area contributed by atoms with Crippen LogP contribution in [0.4, 0.5) is 5.69 Å². The van der Waals surface area contributed by atoms with Crippen molar-refractivity contribution in [1.82, 2.24) is 0 Å². The minimum Gasteiger partial charge on any atom is -0.493 e. The van der Waals surface area contributed by atoms with E-state index in [0.717, 1.165) is 0 Å². The van der Waals surface area contributed by atoms with E-state index in [4.69, 9.17) is 37.4 Å². The Morgan fingerprint density at radius 3 is 2.61 bits per heavy atom. The van der Waals surface area contributed by atoms with Gasteiger partial charge in [-0.1, -0.05) is 29.3 Å². The first-order valence-corrected chi connectivity index (χ1v) is 9.90. The summed E-state index contributed by atoms with van der Waals surface area (Å²) in [5, 5.41) is 12.8. The number of amides is 1. The molecule has 0 aliphatic rings. The van der Waals surface area contributed by atoms with Crippen molar-refractivity contribution >= 4 is 46.8 Å². The van der Waals surface area contributed by atoms with E-state index in [1.807, 2.05) is 6.07 Å². The van der Waals surface area contributed by atoms with Crippen LogP contribution >= 0.6 is 23.2 Å². The second-order valence-electron chi connectivity index (χ2n) is 6.16. The molecule has 7 nitrogen and oxygen atoms in total. The van der Waals surface area contributed by atoms with Crippen LogP contribution in [0.1, 0.15) is 18.1 Å². The Balaban J connectivity index is 2.28. The Kier molecular flexibility index (Phi) is 8.74. The van der Waals surface area contributed by atoms with Crippen molar-refractivity contribution in [3.63, 3.8) is 0 Å². The first kappa shape index (κ1) is 24.1. The Labute approximate surface area is 190 Å². The molecule has 1 N–H and O–H groups in total. The van der Waals surface area contributed by atoms with Crippen LogP contribution in [-0.2, 0) is 14.3 Å². The quantitative estimate of drug-likeness (QED) is 0.343. The molecule has 0 heterocycles. The number of halogens is 2. The lowest BCUT2D eigenvalue weighted by Gasteiger charge is -2.13. The highest BCUT2D eigenvalue weighted by Crippen LogP contribution is 2.37. The van der Waals surface area contributed by atoms with Gasteiger partial charge in [-0.15, -0.1) is 0 Å².